The second kappa shape index (κ2) is 9.55. The van der Waals surface area contributed by atoms with Crippen molar-refractivity contribution in [3.05, 3.63) is 23.3 Å². The molecule has 1 saturated carbocycles. The first-order valence-corrected chi connectivity index (χ1v) is 11.2. The Bertz CT molecular complexity index is 753. The van der Waals surface area contributed by atoms with Crippen molar-refractivity contribution >= 4 is 15.9 Å². The summed E-state index contributed by atoms with van der Waals surface area (Å²) in [5, 5.41) is 0. The summed E-state index contributed by atoms with van der Waals surface area (Å²) in [5.41, 5.74) is 1.41. The van der Waals surface area contributed by atoms with Crippen molar-refractivity contribution < 1.29 is 17.9 Å². The van der Waals surface area contributed by atoms with Gasteiger partial charge in [-0.3, -0.25) is 4.79 Å². The normalized spacial score (nSPS) is 16.0. The Morgan fingerprint density at radius 3 is 2.33 bits per heavy atom. The number of hydrogen-bond acceptors (Lipinski definition) is 4. The molecule has 0 bridgehead atoms. The predicted molar refractivity (Wildman–Crippen MR) is 107 cm³/mol. The molecule has 1 aliphatic rings. The fraction of sp³-hybridized carbons (Fsp3) is 0.650. The second-order valence-corrected chi connectivity index (χ2v) is 9.08. The third-order valence-corrected chi connectivity index (χ3v) is 6.90. The molecule has 1 aromatic rings. The molecule has 1 amide bonds. The molecule has 0 unspecified atom stereocenters. The van der Waals surface area contributed by atoms with E-state index in [9.17, 15) is 13.2 Å². The summed E-state index contributed by atoms with van der Waals surface area (Å²) in [4.78, 5) is 14.2. The van der Waals surface area contributed by atoms with Gasteiger partial charge in [-0.15, -0.1) is 0 Å². The maximum Gasteiger partial charge on any atom is 0.240 e. The van der Waals surface area contributed by atoms with E-state index < -0.39 is 10.0 Å². The van der Waals surface area contributed by atoms with Crippen molar-refractivity contribution in [1.29, 1.82) is 0 Å². The summed E-state index contributed by atoms with van der Waals surface area (Å²) in [5.74, 6) is 0.681. The number of rotatable bonds is 7. The topological polar surface area (TPSA) is 75.7 Å². The number of benzene rings is 1. The van der Waals surface area contributed by atoms with Gasteiger partial charge in [0.2, 0.25) is 15.9 Å². The first-order chi connectivity index (χ1) is 12.8. The van der Waals surface area contributed by atoms with Crippen LogP contribution in [0.3, 0.4) is 0 Å². The standard InChI is InChI=1S/C20H32N2O4S/c1-15-14-20(16(2)13-19(15)26-4)27(24,25)21-11-12-22(17(3)23)18-9-7-5-6-8-10-18/h13-14,18,21H,5-12H2,1-4H3. The van der Waals surface area contributed by atoms with Crippen LogP contribution in [0, 0.1) is 13.8 Å². The van der Waals surface area contributed by atoms with E-state index >= 15 is 0 Å². The van der Waals surface area contributed by atoms with Crippen LogP contribution in [-0.4, -0.2) is 45.5 Å². The lowest BCUT2D eigenvalue weighted by molar-refractivity contribution is -0.131. The number of amides is 1. The molecule has 0 heterocycles. The lowest BCUT2D eigenvalue weighted by Crippen LogP contribution is -2.43. The Labute approximate surface area is 163 Å². The first kappa shape index (κ1) is 21.7. The number of carbonyl (C=O) groups is 1. The third-order valence-electron chi connectivity index (χ3n) is 5.30. The number of aryl methyl sites for hydroxylation is 2. The van der Waals surface area contributed by atoms with Crippen LogP contribution in [0.5, 0.6) is 5.75 Å². The molecule has 2 rings (SSSR count). The molecule has 152 valence electrons. The minimum Gasteiger partial charge on any atom is -0.496 e. The molecule has 27 heavy (non-hydrogen) atoms. The largest absolute Gasteiger partial charge is 0.496 e. The number of sulfonamides is 1. The van der Waals surface area contributed by atoms with Gasteiger partial charge in [-0.2, -0.15) is 0 Å². The second-order valence-electron chi connectivity index (χ2n) is 7.34. The van der Waals surface area contributed by atoms with Crippen molar-refractivity contribution in [1.82, 2.24) is 9.62 Å². The van der Waals surface area contributed by atoms with E-state index in [0.717, 1.165) is 31.2 Å². The summed E-state index contributed by atoms with van der Waals surface area (Å²) in [6.45, 7) is 5.75. The maximum absolute atomic E-state index is 12.7. The smallest absolute Gasteiger partial charge is 0.240 e. The van der Waals surface area contributed by atoms with Crippen LogP contribution in [0.1, 0.15) is 56.6 Å². The Morgan fingerprint density at radius 1 is 1.15 bits per heavy atom. The predicted octanol–water partition coefficient (Wildman–Crippen LogP) is 3.16. The molecule has 0 radical (unpaired) electrons. The van der Waals surface area contributed by atoms with Gasteiger partial charge in [0, 0.05) is 26.1 Å². The highest BCUT2D eigenvalue weighted by Crippen LogP contribution is 2.25. The average Bonchev–Trinajstić information content (AvgIpc) is 2.89. The van der Waals surface area contributed by atoms with Gasteiger partial charge in [-0.05, 0) is 49.9 Å². The molecule has 0 atom stereocenters. The lowest BCUT2D eigenvalue weighted by atomic mass is 10.1. The van der Waals surface area contributed by atoms with Crippen molar-refractivity contribution in [2.75, 3.05) is 20.2 Å². The molecule has 7 heteroatoms. The van der Waals surface area contributed by atoms with E-state index in [4.69, 9.17) is 4.74 Å². The molecule has 1 fully saturated rings. The van der Waals surface area contributed by atoms with E-state index in [1.165, 1.54) is 12.8 Å². The molecule has 1 aromatic carbocycles. The maximum atomic E-state index is 12.7. The number of carbonyl (C=O) groups excluding carboxylic acids is 1. The molecule has 6 nitrogen and oxygen atoms in total. The van der Waals surface area contributed by atoms with E-state index in [-0.39, 0.29) is 23.4 Å². The Hall–Kier alpha value is -1.60. The van der Waals surface area contributed by atoms with Gasteiger partial charge in [-0.25, -0.2) is 13.1 Å². The third kappa shape index (κ3) is 5.69. The minimum absolute atomic E-state index is 0.0116. The summed E-state index contributed by atoms with van der Waals surface area (Å²) in [7, 11) is -2.07. The van der Waals surface area contributed by atoms with E-state index in [2.05, 4.69) is 4.72 Å². The van der Waals surface area contributed by atoms with Crippen LogP contribution in [0.25, 0.3) is 0 Å². The van der Waals surface area contributed by atoms with E-state index in [1.54, 1.807) is 33.1 Å². The average molecular weight is 397 g/mol. The lowest BCUT2D eigenvalue weighted by Gasteiger charge is -2.30. The number of hydrogen-bond donors (Lipinski definition) is 1. The molecule has 1 N–H and O–H groups in total. The monoisotopic (exact) mass is 396 g/mol. The van der Waals surface area contributed by atoms with Crippen molar-refractivity contribution in [2.45, 2.75) is 70.2 Å². The van der Waals surface area contributed by atoms with Crippen LogP contribution in [-0.2, 0) is 14.8 Å². The number of nitrogens with zero attached hydrogens (tertiary/aromatic N) is 1. The number of ether oxygens (including phenoxy) is 1. The summed E-state index contributed by atoms with van der Waals surface area (Å²) in [6, 6.07) is 3.58. The fourth-order valence-corrected chi connectivity index (χ4v) is 5.15. The van der Waals surface area contributed by atoms with Gasteiger partial charge in [0.25, 0.3) is 0 Å². The summed E-state index contributed by atoms with van der Waals surface area (Å²) >= 11 is 0. The van der Waals surface area contributed by atoms with Crippen LogP contribution >= 0.6 is 0 Å². The number of methoxy groups -OCH3 is 1. The van der Waals surface area contributed by atoms with E-state index in [1.807, 2.05) is 11.8 Å². The molecular formula is C20H32N2O4S. The van der Waals surface area contributed by atoms with Crippen LogP contribution in [0.4, 0.5) is 0 Å². The van der Waals surface area contributed by atoms with Crippen molar-refractivity contribution in [2.24, 2.45) is 0 Å². The van der Waals surface area contributed by atoms with Gasteiger partial charge in [-0.1, -0.05) is 25.7 Å². The Kier molecular flexibility index (Phi) is 7.68. The molecular weight excluding hydrogens is 364 g/mol. The van der Waals surface area contributed by atoms with Crippen LogP contribution in [0.15, 0.2) is 17.0 Å². The zero-order chi connectivity index (χ0) is 20.0. The molecule has 1 aliphatic carbocycles. The highest BCUT2D eigenvalue weighted by atomic mass is 32.2. The molecule has 0 aromatic heterocycles. The molecule has 0 saturated heterocycles. The molecule has 0 aliphatic heterocycles. The number of nitrogens with one attached hydrogen (secondary N) is 1. The Balaban J connectivity index is 2.05. The zero-order valence-electron chi connectivity index (χ0n) is 16.9. The van der Waals surface area contributed by atoms with Crippen LogP contribution in [0.2, 0.25) is 0 Å². The van der Waals surface area contributed by atoms with Gasteiger partial charge in [0.05, 0.1) is 12.0 Å². The van der Waals surface area contributed by atoms with Crippen molar-refractivity contribution in [3.8, 4) is 5.75 Å². The van der Waals surface area contributed by atoms with Gasteiger partial charge in [0.1, 0.15) is 5.75 Å². The highest BCUT2D eigenvalue weighted by Gasteiger charge is 2.23. The van der Waals surface area contributed by atoms with Gasteiger partial charge < -0.3 is 9.64 Å². The quantitative estimate of drug-likeness (QED) is 0.719. The fourth-order valence-electron chi connectivity index (χ4n) is 3.82. The van der Waals surface area contributed by atoms with Gasteiger partial charge >= 0.3 is 0 Å². The highest BCUT2D eigenvalue weighted by molar-refractivity contribution is 7.89. The Morgan fingerprint density at radius 2 is 1.78 bits per heavy atom. The van der Waals surface area contributed by atoms with Gasteiger partial charge in [0.15, 0.2) is 0 Å². The SMILES string of the molecule is COc1cc(C)c(S(=O)(=O)NCCN(C(C)=O)C2CCCCCC2)cc1C. The summed E-state index contributed by atoms with van der Waals surface area (Å²) in [6.07, 6.45) is 6.69. The van der Waals surface area contributed by atoms with E-state index in [0.29, 0.717) is 17.9 Å². The molecule has 0 spiro atoms. The minimum atomic E-state index is -3.64. The van der Waals surface area contributed by atoms with Crippen LogP contribution < -0.4 is 9.46 Å². The van der Waals surface area contributed by atoms with Crippen molar-refractivity contribution in [3.63, 3.8) is 0 Å². The summed E-state index contributed by atoms with van der Waals surface area (Å²) < 4.78 is 33.4. The first-order valence-electron chi connectivity index (χ1n) is 9.68. The zero-order valence-corrected chi connectivity index (χ0v) is 17.7.